The van der Waals surface area contributed by atoms with E-state index in [-0.39, 0.29) is 17.0 Å². The van der Waals surface area contributed by atoms with E-state index in [0.29, 0.717) is 5.75 Å². The molecule has 0 aromatic heterocycles. The van der Waals surface area contributed by atoms with E-state index in [2.05, 4.69) is 6.07 Å². The molecule has 3 aromatic rings. The summed E-state index contributed by atoms with van der Waals surface area (Å²) in [5, 5.41) is 20.2. The third-order valence-corrected chi connectivity index (χ3v) is 4.03. The average molecular weight is 344 g/mol. The lowest BCUT2D eigenvalue weighted by molar-refractivity contribution is -0.385. The van der Waals surface area contributed by atoms with Gasteiger partial charge in [-0.1, -0.05) is 35.9 Å². The summed E-state index contributed by atoms with van der Waals surface area (Å²) >= 11 is 0. The predicted molar refractivity (Wildman–Crippen MR) is 99.2 cm³/mol. The van der Waals surface area contributed by atoms with E-state index in [1.807, 2.05) is 50.2 Å². The molecule has 26 heavy (non-hydrogen) atoms. The van der Waals surface area contributed by atoms with Crippen LogP contribution in [-0.2, 0) is 0 Å². The summed E-state index contributed by atoms with van der Waals surface area (Å²) < 4.78 is 5.76. The van der Waals surface area contributed by atoms with Crippen molar-refractivity contribution >= 4 is 5.69 Å². The number of rotatable bonds is 4. The molecule has 5 heteroatoms. The molecule has 3 rings (SSSR count). The fraction of sp³-hybridized carbons (Fsp3) is 0.0952. The van der Waals surface area contributed by atoms with Gasteiger partial charge in [0.05, 0.1) is 16.6 Å². The van der Waals surface area contributed by atoms with Gasteiger partial charge in [0, 0.05) is 6.07 Å². The number of hydrogen-bond donors (Lipinski definition) is 0. The molecule has 0 aliphatic heterocycles. The summed E-state index contributed by atoms with van der Waals surface area (Å²) in [4.78, 5) is 10.7. The second-order valence-corrected chi connectivity index (χ2v) is 6.00. The monoisotopic (exact) mass is 344 g/mol. The van der Waals surface area contributed by atoms with Gasteiger partial charge in [-0.25, -0.2) is 0 Å². The summed E-state index contributed by atoms with van der Waals surface area (Å²) in [5.41, 5.74) is 4.18. The van der Waals surface area contributed by atoms with Gasteiger partial charge >= 0.3 is 5.69 Å². The molecule has 128 valence electrons. The average Bonchev–Trinajstić information content (AvgIpc) is 2.63. The topological polar surface area (TPSA) is 76.2 Å². The summed E-state index contributed by atoms with van der Waals surface area (Å²) in [6.07, 6.45) is 0. The van der Waals surface area contributed by atoms with Crippen molar-refractivity contribution in [2.75, 3.05) is 0 Å². The Morgan fingerprint density at radius 3 is 2.35 bits per heavy atom. The molecule has 0 saturated carbocycles. The second kappa shape index (κ2) is 7.08. The maximum absolute atomic E-state index is 11.3. The zero-order chi connectivity index (χ0) is 18.7. The molecule has 0 saturated heterocycles. The van der Waals surface area contributed by atoms with Gasteiger partial charge in [0.15, 0.2) is 0 Å². The lowest BCUT2D eigenvalue weighted by atomic mass is 10.0. The van der Waals surface area contributed by atoms with Gasteiger partial charge < -0.3 is 4.74 Å². The Morgan fingerprint density at radius 1 is 0.962 bits per heavy atom. The normalized spacial score (nSPS) is 10.2. The Hall–Kier alpha value is -3.65. The Bertz CT molecular complexity index is 1040. The predicted octanol–water partition coefficient (Wildman–Crippen LogP) is 5.54. The van der Waals surface area contributed by atoms with Crippen LogP contribution in [0.15, 0.2) is 60.7 Å². The molecule has 0 aliphatic carbocycles. The number of ether oxygens (including phenoxy) is 1. The molecule has 0 heterocycles. The third kappa shape index (κ3) is 3.55. The van der Waals surface area contributed by atoms with Gasteiger partial charge in [0.2, 0.25) is 5.75 Å². The largest absolute Gasteiger partial charge is 0.450 e. The van der Waals surface area contributed by atoms with Crippen LogP contribution in [0.3, 0.4) is 0 Å². The van der Waals surface area contributed by atoms with E-state index < -0.39 is 4.92 Å². The van der Waals surface area contributed by atoms with Crippen LogP contribution in [0.25, 0.3) is 11.1 Å². The summed E-state index contributed by atoms with van der Waals surface area (Å²) in [6, 6.07) is 19.9. The smallest absolute Gasteiger partial charge is 0.312 e. The lowest BCUT2D eigenvalue weighted by Gasteiger charge is -2.11. The van der Waals surface area contributed by atoms with Gasteiger partial charge in [0.1, 0.15) is 5.75 Å². The van der Waals surface area contributed by atoms with Gasteiger partial charge in [-0.3, -0.25) is 10.1 Å². The summed E-state index contributed by atoms with van der Waals surface area (Å²) in [6.45, 7) is 3.93. The van der Waals surface area contributed by atoms with E-state index in [9.17, 15) is 10.1 Å². The number of aryl methyl sites for hydroxylation is 2. The van der Waals surface area contributed by atoms with Crippen LogP contribution in [-0.4, -0.2) is 4.92 Å². The Labute approximate surface area is 151 Å². The highest BCUT2D eigenvalue weighted by Crippen LogP contribution is 2.35. The molecule has 0 fully saturated rings. The first-order chi connectivity index (χ1) is 12.5. The quantitative estimate of drug-likeness (QED) is 0.460. The van der Waals surface area contributed by atoms with Crippen molar-refractivity contribution in [2.45, 2.75) is 13.8 Å². The minimum atomic E-state index is -0.549. The van der Waals surface area contributed by atoms with E-state index in [0.717, 1.165) is 16.7 Å². The number of nitriles is 1. The van der Waals surface area contributed by atoms with Crippen LogP contribution >= 0.6 is 0 Å². The van der Waals surface area contributed by atoms with Crippen LogP contribution in [0, 0.1) is 35.3 Å². The van der Waals surface area contributed by atoms with Crippen molar-refractivity contribution in [2.24, 2.45) is 0 Å². The minimum absolute atomic E-state index is 0.111. The molecule has 5 nitrogen and oxygen atoms in total. The van der Waals surface area contributed by atoms with Crippen LogP contribution in [0.4, 0.5) is 5.69 Å². The third-order valence-electron chi connectivity index (χ3n) is 4.03. The maximum Gasteiger partial charge on any atom is 0.312 e. The molecule has 0 bridgehead atoms. The second-order valence-electron chi connectivity index (χ2n) is 6.00. The highest BCUT2D eigenvalue weighted by Gasteiger charge is 2.17. The maximum atomic E-state index is 11.3. The molecular formula is C21H16N2O3. The van der Waals surface area contributed by atoms with E-state index in [4.69, 9.17) is 10.00 Å². The van der Waals surface area contributed by atoms with Gasteiger partial charge in [0.25, 0.3) is 0 Å². The standard InChI is InChI=1S/C21H16N2O3/c1-14-4-3-5-17(10-14)18-7-9-20(15(2)11-18)26-21-8-6-16(13-22)12-19(21)23(24)25/h3-12H,1-2H3. The van der Waals surface area contributed by atoms with Crippen LogP contribution in [0.1, 0.15) is 16.7 Å². The molecule has 0 radical (unpaired) electrons. The highest BCUT2D eigenvalue weighted by atomic mass is 16.6. The van der Waals surface area contributed by atoms with Crippen molar-refractivity contribution < 1.29 is 9.66 Å². The van der Waals surface area contributed by atoms with Crippen molar-refractivity contribution in [3.05, 3.63) is 87.5 Å². The fourth-order valence-corrected chi connectivity index (χ4v) is 2.70. The molecule has 3 aromatic carbocycles. The first kappa shape index (κ1) is 17.2. The van der Waals surface area contributed by atoms with Gasteiger partial charge in [-0.2, -0.15) is 5.26 Å². The first-order valence-corrected chi connectivity index (χ1v) is 8.02. The minimum Gasteiger partial charge on any atom is -0.450 e. The number of nitrogens with zero attached hydrogens (tertiary/aromatic N) is 2. The van der Waals surface area contributed by atoms with E-state index in [1.54, 1.807) is 6.07 Å². The van der Waals surface area contributed by atoms with Crippen LogP contribution in [0.5, 0.6) is 11.5 Å². The zero-order valence-corrected chi connectivity index (χ0v) is 14.4. The SMILES string of the molecule is Cc1cccc(-c2ccc(Oc3ccc(C#N)cc3[N+](=O)[O-])c(C)c2)c1. The van der Waals surface area contributed by atoms with Crippen molar-refractivity contribution in [1.82, 2.24) is 0 Å². The number of hydrogen-bond acceptors (Lipinski definition) is 4. The Morgan fingerprint density at radius 2 is 1.69 bits per heavy atom. The first-order valence-electron chi connectivity index (χ1n) is 8.02. The molecule has 0 amide bonds. The highest BCUT2D eigenvalue weighted by molar-refractivity contribution is 5.66. The molecular weight excluding hydrogens is 328 g/mol. The number of nitro benzene ring substituents is 1. The zero-order valence-electron chi connectivity index (χ0n) is 14.4. The molecule has 0 unspecified atom stereocenters. The summed E-state index contributed by atoms with van der Waals surface area (Å²) in [5.74, 6) is 0.648. The molecule has 0 atom stereocenters. The lowest BCUT2D eigenvalue weighted by Crippen LogP contribution is -1.95. The number of benzene rings is 3. The van der Waals surface area contributed by atoms with E-state index >= 15 is 0 Å². The van der Waals surface area contributed by atoms with E-state index in [1.165, 1.54) is 23.8 Å². The fourth-order valence-electron chi connectivity index (χ4n) is 2.70. The Kier molecular flexibility index (Phi) is 4.68. The van der Waals surface area contributed by atoms with Crippen molar-refractivity contribution in [1.29, 1.82) is 5.26 Å². The van der Waals surface area contributed by atoms with Crippen molar-refractivity contribution in [3.63, 3.8) is 0 Å². The Balaban J connectivity index is 1.95. The van der Waals surface area contributed by atoms with Crippen LogP contribution < -0.4 is 4.74 Å². The molecule has 0 spiro atoms. The van der Waals surface area contributed by atoms with Gasteiger partial charge in [-0.15, -0.1) is 0 Å². The molecule has 0 aliphatic rings. The summed E-state index contributed by atoms with van der Waals surface area (Å²) in [7, 11) is 0. The van der Waals surface area contributed by atoms with Gasteiger partial charge in [-0.05, 0) is 54.8 Å². The van der Waals surface area contributed by atoms with Crippen LogP contribution in [0.2, 0.25) is 0 Å². The molecule has 0 N–H and O–H groups in total. The number of nitro groups is 1. The van der Waals surface area contributed by atoms with Crippen molar-refractivity contribution in [3.8, 4) is 28.7 Å².